The summed E-state index contributed by atoms with van der Waals surface area (Å²) in [7, 11) is 0. The van der Waals surface area contributed by atoms with Gasteiger partial charge in [-0.05, 0) is 71.4 Å². The maximum absolute atomic E-state index is 13.1. The van der Waals surface area contributed by atoms with Crippen molar-refractivity contribution in [2.45, 2.75) is 40.0 Å². The van der Waals surface area contributed by atoms with Crippen molar-refractivity contribution in [2.75, 3.05) is 18.0 Å². The van der Waals surface area contributed by atoms with Crippen molar-refractivity contribution in [1.29, 1.82) is 5.26 Å². The minimum atomic E-state index is -1.24. The highest BCUT2D eigenvalue weighted by Crippen LogP contribution is 2.27. The number of carboxylic acids is 1. The monoisotopic (exact) mass is 572 g/mol. The van der Waals surface area contributed by atoms with Crippen molar-refractivity contribution in [2.24, 2.45) is 0 Å². The zero-order valence-corrected chi connectivity index (χ0v) is 24.8. The van der Waals surface area contributed by atoms with Crippen molar-refractivity contribution in [1.82, 2.24) is 0 Å². The summed E-state index contributed by atoms with van der Waals surface area (Å²) in [6, 6.07) is 23.2. The van der Waals surface area contributed by atoms with E-state index in [1.165, 1.54) is 6.08 Å². The normalized spacial score (nSPS) is 11.8. The molecule has 0 aliphatic rings. The largest absolute Gasteiger partial charge is 0.477 e. The quantitative estimate of drug-likeness (QED) is 0.0794. The number of aliphatic carboxylic acids is 1. The predicted octanol–water partition coefficient (Wildman–Crippen LogP) is 8.31. The minimum Gasteiger partial charge on any atom is -0.477 e. The zero-order chi connectivity index (χ0) is 30.8. The average Bonchev–Trinajstić information content (AvgIpc) is 3.02. The first-order valence-electron chi connectivity index (χ1n) is 14.6. The molecular formula is C37H36N2O4. The van der Waals surface area contributed by atoms with Crippen LogP contribution in [-0.4, -0.2) is 24.2 Å². The highest BCUT2D eigenvalue weighted by Gasteiger charge is 2.14. The molecule has 0 radical (unpaired) electrons. The van der Waals surface area contributed by atoms with Gasteiger partial charge in [0.15, 0.2) is 0 Å². The SMILES string of the molecule is CCCN(CCC)c1ccc2c(CC)c(/C=C/c3ccc(/C=C/c4ccc(/C=C(/C#N)C(=O)O)cc4)cc3)c(=O)oc2c1. The van der Waals surface area contributed by atoms with Crippen LogP contribution >= 0.6 is 0 Å². The minimum absolute atomic E-state index is 0.305. The molecule has 0 saturated carbocycles. The maximum atomic E-state index is 13.1. The van der Waals surface area contributed by atoms with Crippen LogP contribution < -0.4 is 10.5 Å². The lowest BCUT2D eigenvalue weighted by Gasteiger charge is -2.24. The van der Waals surface area contributed by atoms with Crippen LogP contribution in [0.4, 0.5) is 5.69 Å². The molecule has 0 bridgehead atoms. The summed E-state index contributed by atoms with van der Waals surface area (Å²) in [5.41, 5.74) is 6.20. The van der Waals surface area contributed by atoms with Gasteiger partial charge in [0, 0.05) is 30.2 Å². The van der Waals surface area contributed by atoms with Gasteiger partial charge in [0.1, 0.15) is 17.2 Å². The molecule has 1 N–H and O–H groups in total. The zero-order valence-electron chi connectivity index (χ0n) is 24.8. The maximum Gasteiger partial charge on any atom is 0.346 e. The number of carbonyl (C=O) groups is 1. The van der Waals surface area contributed by atoms with Crippen LogP contribution in [0, 0.1) is 11.3 Å². The van der Waals surface area contributed by atoms with Gasteiger partial charge in [0.2, 0.25) is 0 Å². The number of hydrogen-bond acceptors (Lipinski definition) is 5. The van der Waals surface area contributed by atoms with Gasteiger partial charge in [-0.1, -0.05) is 87.5 Å². The van der Waals surface area contributed by atoms with Gasteiger partial charge in [0.25, 0.3) is 0 Å². The van der Waals surface area contributed by atoms with Crippen LogP contribution in [-0.2, 0) is 11.2 Å². The lowest BCUT2D eigenvalue weighted by Crippen LogP contribution is -2.24. The topological polar surface area (TPSA) is 94.5 Å². The Morgan fingerprint density at radius 2 is 1.37 bits per heavy atom. The number of aryl methyl sites for hydroxylation is 1. The van der Waals surface area contributed by atoms with E-state index in [1.807, 2.05) is 66.8 Å². The first-order valence-corrected chi connectivity index (χ1v) is 14.6. The third-order valence-corrected chi connectivity index (χ3v) is 7.19. The summed E-state index contributed by atoms with van der Waals surface area (Å²) >= 11 is 0. The fourth-order valence-corrected chi connectivity index (χ4v) is 5.03. The van der Waals surface area contributed by atoms with Gasteiger partial charge in [0.05, 0.1) is 5.56 Å². The summed E-state index contributed by atoms with van der Waals surface area (Å²) in [5, 5.41) is 18.9. The third kappa shape index (κ3) is 7.78. The molecular weight excluding hydrogens is 536 g/mol. The molecule has 0 aliphatic carbocycles. The third-order valence-electron chi connectivity index (χ3n) is 7.19. The number of nitriles is 1. The van der Waals surface area contributed by atoms with Crippen LogP contribution in [0.2, 0.25) is 0 Å². The Labute approximate surface area is 252 Å². The first-order chi connectivity index (χ1) is 20.9. The van der Waals surface area contributed by atoms with Gasteiger partial charge < -0.3 is 14.4 Å². The molecule has 1 aromatic heterocycles. The fraction of sp³-hybridized carbons (Fsp3) is 0.216. The molecule has 4 aromatic rings. The van der Waals surface area contributed by atoms with Crippen LogP contribution in [0.5, 0.6) is 0 Å². The Morgan fingerprint density at radius 3 is 1.86 bits per heavy atom. The van der Waals surface area contributed by atoms with E-state index in [1.54, 1.807) is 18.2 Å². The van der Waals surface area contributed by atoms with E-state index in [0.717, 1.165) is 65.7 Å². The van der Waals surface area contributed by atoms with Crippen LogP contribution in [0.25, 0.3) is 41.3 Å². The molecule has 218 valence electrons. The second-order valence-corrected chi connectivity index (χ2v) is 10.3. The van der Waals surface area contributed by atoms with Crippen LogP contribution in [0.3, 0.4) is 0 Å². The molecule has 1 heterocycles. The summed E-state index contributed by atoms with van der Waals surface area (Å²) in [5.74, 6) is -1.24. The van der Waals surface area contributed by atoms with Crippen molar-refractivity contribution >= 4 is 53.0 Å². The Kier molecular flexibility index (Phi) is 10.5. The first kappa shape index (κ1) is 30.8. The van der Waals surface area contributed by atoms with Crippen LogP contribution in [0.15, 0.2) is 81.5 Å². The number of hydrogen-bond donors (Lipinski definition) is 1. The van der Waals surface area contributed by atoms with E-state index in [4.69, 9.17) is 14.8 Å². The second-order valence-electron chi connectivity index (χ2n) is 10.3. The molecule has 0 spiro atoms. The standard InChI is InChI=1S/C37H36N2O4/c1-4-21-39(22-5-2)31-18-20-33-32(6-3)34(37(42)43-35(33)24-31)19-17-28-11-9-26(10-12-28)7-8-27-13-15-29(16-14-27)23-30(25-38)36(40)41/h7-20,23-24H,4-6,21-22H2,1-3H3,(H,40,41)/b8-7+,19-17+,30-23-. The van der Waals surface area contributed by atoms with E-state index in [-0.39, 0.29) is 11.2 Å². The number of nitrogens with zero attached hydrogens (tertiary/aromatic N) is 2. The van der Waals surface area contributed by atoms with Crippen molar-refractivity contribution in [3.8, 4) is 6.07 Å². The van der Waals surface area contributed by atoms with Gasteiger partial charge in [-0.15, -0.1) is 0 Å². The summed E-state index contributed by atoms with van der Waals surface area (Å²) in [4.78, 5) is 26.4. The molecule has 6 nitrogen and oxygen atoms in total. The summed E-state index contributed by atoms with van der Waals surface area (Å²) in [6.45, 7) is 8.33. The molecule has 0 saturated heterocycles. The molecule has 43 heavy (non-hydrogen) atoms. The summed E-state index contributed by atoms with van der Waals surface area (Å²) in [6.07, 6.45) is 11.9. The Hall–Kier alpha value is -5.15. The smallest absolute Gasteiger partial charge is 0.346 e. The Morgan fingerprint density at radius 1 is 0.837 bits per heavy atom. The molecule has 0 aliphatic heterocycles. The van der Waals surface area contributed by atoms with E-state index >= 15 is 0 Å². The number of carboxylic acid groups (broad SMARTS) is 1. The predicted molar refractivity (Wildman–Crippen MR) is 177 cm³/mol. The van der Waals surface area contributed by atoms with Crippen molar-refractivity contribution in [3.63, 3.8) is 0 Å². The molecule has 3 aromatic carbocycles. The number of fused-ring (bicyclic) bond motifs is 1. The number of rotatable bonds is 12. The van der Waals surface area contributed by atoms with Gasteiger partial charge >= 0.3 is 11.6 Å². The van der Waals surface area contributed by atoms with Crippen molar-refractivity contribution in [3.05, 3.63) is 116 Å². The highest BCUT2D eigenvalue weighted by molar-refractivity contribution is 5.96. The Bertz CT molecular complexity index is 1760. The van der Waals surface area contributed by atoms with Crippen LogP contribution in [0.1, 0.15) is 67.0 Å². The molecule has 0 unspecified atom stereocenters. The van der Waals surface area contributed by atoms with Gasteiger partial charge in [-0.2, -0.15) is 5.26 Å². The van der Waals surface area contributed by atoms with E-state index in [9.17, 15) is 9.59 Å². The molecule has 0 atom stereocenters. The second kappa shape index (κ2) is 14.7. The number of anilines is 1. The molecule has 4 rings (SSSR count). The fourth-order valence-electron chi connectivity index (χ4n) is 5.03. The van der Waals surface area contributed by atoms with E-state index in [0.29, 0.717) is 16.7 Å². The highest BCUT2D eigenvalue weighted by atomic mass is 16.4. The van der Waals surface area contributed by atoms with Gasteiger partial charge in [-0.3, -0.25) is 0 Å². The summed E-state index contributed by atoms with van der Waals surface area (Å²) < 4.78 is 5.82. The number of benzene rings is 3. The lowest BCUT2D eigenvalue weighted by molar-refractivity contribution is -0.132. The Balaban J connectivity index is 1.51. The van der Waals surface area contributed by atoms with Crippen molar-refractivity contribution < 1.29 is 14.3 Å². The van der Waals surface area contributed by atoms with E-state index in [2.05, 4.69) is 37.8 Å². The molecule has 6 heteroatoms. The molecule has 0 fully saturated rings. The molecule has 0 amide bonds. The van der Waals surface area contributed by atoms with E-state index < -0.39 is 5.97 Å². The van der Waals surface area contributed by atoms with Gasteiger partial charge in [-0.25, -0.2) is 9.59 Å². The lowest BCUT2D eigenvalue weighted by atomic mass is 10.0. The average molecular weight is 573 g/mol.